The molecule has 0 radical (unpaired) electrons. The molecular weight excluding hydrogens is 351 g/mol. The van der Waals surface area contributed by atoms with E-state index in [9.17, 15) is 23.1 Å². The summed E-state index contributed by atoms with van der Waals surface area (Å²) in [7, 11) is 0. The summed E-state index contributed by atoms with van der Waals surface area (Å²) in [5.41, 5.74) is 1.82. The number of alkyl halides is 3. The predicted molar refractivity (Wildman–Crippen MR) is 86.1 cm³/mol. The molecule has 0 spiro atoms. The molecule has 0 unspecified atom stereocenters. The van der Waals surface area contributed by atoms with E-state index in [-0.39, 0.29) is 12.1 Å². The molecule has 138 valence electrons. The maximum Gasteiger partial charge on any atom is 0.573 e. The molecule has 1 atom stereocenters. The van der Waals surface area contributed by atoms with Crippen LogP contribution in [0, 0.1) is 0 Å². The number of rotatable bonds is 5. The van der Waals surface area contributed by atoms with E-state index in [1.807, 2.05) is 6.07 Å². The van der Waals surface area contributed by atoms with Gasteiger partial charge in [0.15, 0.2) is 0 Å². The average Bonchev–Trinajstić information content (AvgIpc) is 3.06. The zero-order valence-electron chi connectivity index (χ0n) is 13.5. The lowest BCUT2D eigenvalue weighted by atomic mass is 10.0. The maximum absolute atomic E-state index is 12.1. The Hall–Kier alpha value is -2.74. The number of benzene rings is 2. The van der Waals surface area contributed by atoms with Gasteiger partial charge in [0, 0.05) is 18.5 Å². The number of carbonyl (C=O) groups excluding carboxylic acids is 1. The third-order valence-corrected chi connectivity index (χ3v) is 3.90. The topological polar surface area (TPSA) is 67.8 Å². The van der Waals surface area contributed by atoms with Gasteiger partial charge in [0.2, 0.25) is 0 Å². The van der Waals surface area contributed by atoms with Crippen molar-refractivity contribution in [2.45, 2.75) is 18.9 Å². The molecule has 1 heterocycles. The highest BCUT2D eigenvalue weighted by Gasteiger charge is 2.31. The SMILES string of the molecule is O=C(NC[C@@H](O)c1ccc2c(c1)CCO2)c1ccc(OC(F)(F)F)cc1. The van der Waals surface area contributed by atoms with E-state index in [0.717, 1.165) is 29.9 Å². The first-order valence-electron chi connectivity index (χ1n) is 7.89. The standard InChI is InChI=1S/C18H16F3NO4/c19-18(20,21)26-14-4-1-11(2-5-14)17(24)22-10-15(23)12-3-6-16-13(9-12)7-8-25-16/h1-6,9,15,23H,7-8,10H2,(H,22,24)/t15-/m1/s1. The smallest absolute Gasteiger partial charge is 0.493 e. The number of ether oxygens (including phenoxy) is 2. The molecule has 2 aromatic carbocycles. The van der Waals surface area contributed by atoms with Gasteiger partial charge in [-0.2, -0.15) is 0 Å². The number of aliphatic hydroxyl groups excluding tert-OH is 1. The third-order valence-electron chi connectivity index (χ3n) is 3.90. The molecule has 0 saturated heterocycles. The van der Waals surface area contributed by atoms with E-state index in [1.54, 1.807) is 12.1 Å². The van der Waals surface area contributed by atoms with Gasteiger partial charge in [-0.15, -0.1) is 13.2 Å². The first-order valence-corrected chi connectivity index (χ1v) is 7.89. The lowest BCUT2D eigenvalue weighted by molar-refractivity contribution is -0.274. The minimum Gasteiger partial charge on any atom is -0.493 e. The minimum atomic E-state index is -4.78. The van der Waals surface area contributed by atoms with Gasteiger partial charge in [-0.05, 0) is 47.5 Å². The van der Waals surface area contributed by atoms with Crippen molar-refractivity contribution in [1.29, 1.82) is 0 Å². The summed E-state index contributed by atoms with van der Waals surface area (Å²) in [5, 5.41) is 12.8. The second kappa shape index (κ2) is 7.25. The molecule has 1 amide bonds. The molecule has 0 aliphatic carbocycles. The van der Waals surface area contributed by atoms with Crippen LogP contribution >= 0.6 is 0 Å². The largest absolute Gasteiger partial charge is 0.573 e. The van der Waals surface area contributed by atoms with Gasteiger partial charge in [0.05, 0.1) is 12.7 Å². The van der Waals surface area contributed by atoms with Crippen LogP contribution in [0.4, 0.5) is 13.2 Å². The molecule has 5 nitrogen and oxygen atoms in total. The van der Waals surface area contributed by atoms with E-state index in [4.69, 9.17) is 4.74 Å². The van der Waals surface area contributed by atoms with Gasteiger partial charge in [0.1, 0.15) is 11.5 Å². The second-order valence-corrected chi connectivity index (χ2v) is 5.76. The monoisotopic (exact) mass is 367 g/mol. The van der Waals surface area contributed by atoms with Gasteiger partial charge in [-0.25, -0.2) is 0 Å². The molecule has 0 aromatic heterocycles. The summed E-state index contributed by atoms with van der Waals surface area (Å²) < 4.78 is 45.5. The van der Waals surface area contributed by atoms with Crippen LogP contribution < -0.4 is 14.8 Å². The van der Waals surface area contributed by atoms with Crippen molar-refractivity contribution >= 4 is 5.91 Å². The van der Waals surface area contributed by atoms with Gasteiger partial charge < -0.3 is 19.9 Å². The summed E-state index contributed by atoms with van der Waals surface area (Å²) in [4.78, 5) is 12.1. The zero-order chi connectivity index (χ0) is 18.7. The van der Waals surface area contributed by atoms with E-state index in [0.29, 0.717) is 12.2 Å². The summed E-state index contributed by atoms with van der Waals surface area (Å²) in [6.45, 7) is 0.582. The molecular formula is C18H16F3NO4. The van der Waals surface area contributed by atoms with Crippen LogP contribution in [0.15, 0.2) is 42.5 Å². The van der Waals surface area contributed by atoms with Crippen LogP contribution in [0.25, 0.3) is 0 Å². The van der Waals surface area contributed by atoms with Crippen LogP contribution in [0.3, 0.4) is 0 Å². The molecule has 0 saturated carbocycles. The first-order chi connectivity index (χ1) is 12.3. The number of hydrogen-bond acceptors (Lipinski definition) is 4. The molecule has 3 rings (SSSR count). The molecule has 0 bridgehead atoms. The lowest BCUT2D eigenvalue weighted by Gasteiger charge is -2.14. The molecule has 1 aliphatic heterocycles. The Morgan fingerprint density at radius 3 is 2.65 bits per heavy atom. The quantitative estimate of drug-likeness (QED) is 0.853. The number of hydrogen-bond donors (Lipinski definition) is 2. The highest BCUT2D eigenvalue weighted by molar-refractivity contribution is 5.94. The number of fused-ring (bicyclic) bond motifs is 1. The predicted octanol–water partition coefficient (Wildman–Crippen LogP) is 2.98. The summed E-state index contributed by atoms with van der Waals surface area (Å²) in [6.07, 6.45) is -4.92. The summed E-state index contributed by atoms with van der Waals surface area (Å²) in [5.74, 6) is -0.118. The fourth-order valence-electron chi connectivity index (χ4n) is 2.63. The summed E-state index contributed by atoms with van der Waals surface area (Å²) >= 11 is 0. The van der Waals surface area contributed by atoms with Crippen molar-refractivity contribution in [2.24, 2.45) is 0 Å². The van der Waals surface area contributed by atoms with Crippen LogP contribution in [0.5, 0.6) is 11.5 Å². The Kier molecular flexibility index (Phi) is 5.03. The van der Waals surface area contributed by atoms with Crippen molar-refractivity contribution < 1.29 is 32.5 Å². The normalized spacial score (nSPS) is 14.3. The Balaban J connectivity index is 1.56. The lowest BCUT2D eigenvalue weighted by Crippen LogP contribution is -2.28. The molecule has 0 fully saturated rings. The molecule has 2 N–H and O–H groups in total. The molecule has 8 heteroatoms. The minimum absolute atomic E-state index is 0.0285. The van der Waals surface area contributed by atoms with Crippen LogP contribution in [-0.2, 0) is 6.42 Å². The summed E-state index contributed by atoms with van der Waals surface area (Å²) in [6, 6.07) is 9.89. The van der Waals surface area contributed by atoms with Gasteiger partial charge in [-0.1, -0.05) is 6.07 Å². The van der Waals surface area contributed by atoms with Crippen LogP contribution in [-0.4, -0.2) is 30.5 Å². The highest BCUT2D eigenvalue weighted by atomic mass is 19.4. The van der Waals surface area contributed by atoms with E-state index in [2.05, 4.69) is 10.1 Å². The highest BCUT2D eigenvalue weighted by Crippen LogP contribution is 2.28. The van der Waals surface area contributed by atoms with Gasteiger partial charge in [-0.3, -0.25) is 4.79 Å². The van der Waals surface area contributed by atoms with Gasteiger partial charge in [0.25, 0.3) is 5.91 Å². The molecule has 2 aromatic rings. The van der Waals surface area contributed by atoms with E-state index < -0.39 is 24.1 Å². The molecule has 26 heavy (non-hydrogen) atoms. The van der Waals surface area contributed by atoms with Crippen molar-refractivity contribution in [2.75, 3.05) is 13.2 Å². The average molecular weight is 367 g/mol. The number of halogens is 3. The Bertz CT molecular complexity index is 790. The van der Waals surface area contributed by atoms with Crippen LogP contribution in [0.2, 0.25) is 0 Å². The zero-order valence-corrected chi connectivity index (χ0v) is 13.5. The Morgan fingerprint density at radius 2 is 1.96 bits per heavy atom. The van der Waals surface area contributed by atoms with Gasteiger partial charge >= 0.3 is 6.36 Å². The Labute approximate surface area is 147 Å². The first kappa shape index (κ1) is 18.1. The number of carbonyl (C=O) groups is 1. The number of nitrogens with one attached hydrogen (secondary N) is 1. The Morgan fingerprint density at radius 1 is 1.23 bits per heavy atom. The van der Waals surface area contributed by atoms with E-state index in [1.165, 1.54) is 12.1 Å². The van der Waals surface area contributed by atoms with E-state index >= 15 is 0 Å². The van der Waals surface area contributed by atoms with Crippen molar-refractivity contribution in [3.63, 3.8) is 0 Å². The van der Waals surface area contributed by atoms with Crippen LogP contribution in [0.1, 0.15) is 27.6 Å². The second-order valence-electron chi connectivity index (χ2n) is 5.76. The number of amides is 1. The third kappa shape index (κ3) is 4.45. The number of aliphatic hydroxyl groups is 1. The molecule has 1 aliphatic rings. The van der Waals surface area contributed by atoms with Crippen molar-refractivity contribution in [1.82, 2.24) is 5.32 Å². The van der Waals surface area contributed by atoms with Crippen molar-refractivity contribution in [3.8, 4) is 11.5 Å². The van der Waals surface area contributed by atoms with Crippen molar-refractivity contribution in [3.05, 3.63) is 59.2 Å². The maximum atomic E-state index is 12.1. The fraction of sp³-hybridized carbons (Fsp3) is 0.278. The fourth-order valence-corrected chi connectivity index (χ4v) is 2.63.